The lowest BCUT2D eigenvalue weighted by atomic mass is 10.1. The van der Waals surface area contributed by atoms with E-state index in [1.54, 1.807) is 0 Å². The summed E-state index contributed by atoms with van der Waals surface area (Å²) < 4.78 is 0. The maximum Gasteiger partial charge on any atom is 0.319 e. The van der Waals surface area contributed by atoms with E-state index < -0.39 is 0 Å². The van der Waals surface area contributed by atoms with Crippen molar-refractivity contribution in [3.8, 4) is 0 Å². The lowest BCUT2D eigenvalue weighted by Gasteiger charge is -2.25. The van der Waals surface area contributed by atoms with Gasteiger partial charge in [0.25, 0.3) is 0 Å². The Morgan fingerprint density at radius 1 is 1.09 bits per heavy atom. The van der Waals surface area contributed by atoms with Crippen LogP contribution in [0.3, 0.4) is 0 Å². The summed E-state index contributed by atoms with van der Waals surface area (Å²) in [5.41, 5.74) is 3.11. The Kier molecular flexibility index (Phi) is 5.55. The lowest BCUT2D eigenvalue weighted by molar-refractivity contribution is 0.243. The highest BCUT2D eigenvalue weighted by Crippen LogP contribution is 2.16. The van der Waals surface area contributed by atoms with Crippen LogP contribution >= 0.6 is 0 Å². The summed E-state index contributed by atoms with van der Waals surface area (Å²) in [4.78, 5) is 14.1. The number of likely N-dealkylation sites (N-methyl/N-ethyl adjacent to an activating group) is 1. The molecule has 22 heavy (non-hydrogen) atoms. The third kappa shape index (κ3) is 4.60. The molecule has 0 radical (unpaired) electrons. The van der Waals surface area contributed by atoms with Gasteiger partial charge in [0.15, 0.2) is 0 Å². The number of hydrogen-bond donors (Lipinski definition) is 2. The highest BCUT2D eigenvalue weighted by atomic mass is 16.2. The number of rotatable bonds is 5. The number of aryl methyl sites for hydroxylation is 1. The van der Waals surface area contributed by atoms with Crippen LogP contribution < -0.4 is 10.6 Å². The van der Waals surface area contributed by atoms with Gasteiger partial charge >= 0.3 is 6.03 Å². The minimum Gasteiger partial charge on any atom is -0.336 e. The molecule has 0 heterocycles. The Morgan fingerprint density at radius 3 is 2.45 bits per heavy atom. The monoisotopic (exact) mass is 297 g/mol. The molecule has 2 aromatic rings. The first-order chi connectivity index (χ1) is 10.6. The van der Waals surface area contributed by atoms with E-state index in [1.165, 1.54) is 5.56 Å². The van der Waals surface area contributed by atoms with Gasteiger partial charge < -0.3 is 15.5 Å². The molecule has 0 bridgehead atoms. The maximum absolute atomic E-state index is 12.0. The molecule has 2 amide bonds. The predicted molar refractivity (Wildman–Crippen MR) is 91.1 cm³/mol. The van der Waals surface area contributed by atoms with E-state index in [1.807, 2.05) is 63.5 Å². The van der Waals surface area contributed by atoms with Crippen LogP contribution in [0.1, 0.15) is 17.2 Å². The molecule has 0 fully saturated rings. The Labute approximate surface area is 132 Å². The highest BCUT2D eigenvalue weighted by Gasteiger charge is 2.14. The van der Waals surface area contributed by atoms with Crippen LogP contribution in [-0.2, 0) is 0 Å². The van der Waals surface area contributed by atoms with Gasteiger partial charge in [-0.25, -0.2) is 4.79 Å². The van der Waals surface area contributed by atoms with E-state index in [4.69, 9.17) is 0 Å². The standard InChI is InChI=1S/C18H23N3O/c1-14-8-7-11-16(12-14)20-18(22)19-13-17(21(2)3)15-9-5-4-6-10-15/h4-12,17H,13H2,1-3H3,(H2,19,20,22). The molecule has 0 saturated carbocycles. The molecule has 2 rings (SSSR count). The van der Waals surface area contributed by atoms with Gasteiger partial charge in [0.1, 0.15) is 0 Å². The highest BCUT2D eigenvalue weighted by molar-refractivity contribution is 5.89. The number of benzene rings is 2. The normalized spacial score (nSPS) is 12.0. The van der Waals surface area contributed by atoms with Gasteiger partial charge in [-0.1, -0.05) is 42.5 Å². The molecule has 116 valence electrons. The van der Waals surface area contributed by atoms with E-state index in [0.717, 1.165) is 11.3 Å². The number of nitrogens with one attached hydrogen (secondary N) is 2. The number of carbonyl (C=O) groups excluding carboxylic acids is 1. The lowest BCUT2D eigenvalue weighted by Crippen LogP contribution is -2.36. The Hall–Kier alpha value is -2.33. The predicted octanol–water partition coefficient (Wildman–Crippen LogP) is 3.42. The van der Waals surface area contributed by atoms with Crippen LogP contribution in [0, 0.1) is 6.92 Å². The van der Waals surface area contributed by atoms with Gasteiger partial charge in [-0.05, 0) is 44.3 Å². The van der Waals surface area contributed by atoms with Gasteiger partial charge in [0.05, 0.1) is 6.04 Å². The molecule has 4 heteroatoms. The van der Waals surface area contributed by atoms with Crippen molar-refractivity contribution in [2.45, 2.75) is 13.0 Å². The fraction of sp³-hybridized carbons (Fsp3) is 0.278. The summed E-state index contributed by atoms with van der Waals surface area (Å²) in [6.45, 7) is 2.55. The molecule has 0 aromatic heterocycles. The summed E-state index contributed by atoms with van der Waals surface area (Å²) in [7, 11) is 4.02. The van der Waals surface area contributed by atoms with E-state index >= 15 is 0 Å². The summed E-state index contributed by atoms with van der Waals surface area (Å²) in [5.74, 6) is 0. The zero-order valence-corrected chi connectivity index (χ0v) is 13.3. The van der Waals surface area contributed by atoms with Crippen LogP contribution in [0.25, 0.3) is 0 Å². The SMILES string of the molecule is Cc1cccc(NC(=O)NCC(c2ccccc2)N(C)C)c1. The first-order valence-electron chi connectivity index (χ1n) is 7.39. The fourth-order valence-electron chi connectivity index (χ4n) is 2.36. The van der Waals surface area contributed by atoms with Crippen molar-refractivity contribution >= 4 is 11.7 Å². The average molecular weight is 297 g/mol. The van der Waals surface area contributed by atoms with Crippen LogP contribution in [-0.4, -0.2) is 31.6 Å². The van der Waals surface area contributed by atoms with E-state index in [2.05, 4.69) is 27.7 Å². The van der Waals surface area contributed by atoms with Gasteiger partial charge in [0, 0.05) is 12.2 Å². The van der Waals surface area contributed by atoms with Crippen LogP contribution in [0.5, 0.6) is 0 Å². The number of carbonyl (C=O) groups is 1. The molecule has 1 unspecified atom stereocenters. The molecule has 0 aliphatic rings. The molecule has 0 saturated heterocycles. The molecule has 4 nitrogen and oxygen atoms in total. The van der Waals surface area contributed by atoms with E-state index in [0.29, 0.717) is 6.54 Å². The van der Waals surface area contributed by atoms with Gasteiger partial charge in [-0.2, -0.15) is 0 Å². The Morgan fingerprint density at radius 2 is 1.82 bits per heavy atom. The smallest absolute Gasteiger partial charge is 0.319 e. The van der Waals surface area contributed by atoms with Crippen molar-refractivity contribution in [2.75, 3.05) is 26.0 Å². The van der Waals surface area contributed by atoms with Crippen molar-refractivity contribution < 1.29 is 4.79 Å². The average Bonchev–Trinajstić information content (AvgIpc) is 2.48. The number of urea groups is 1. The first kappa shape index (κ1) is 16.0. The first-order valence-corrected chi connectivity index (χ1v) is 7.39. The topological polar surface area (TPSA) is 44.4 Å². The largest absolute Gasteiger partial charge is 0.336 e. The molecular formula is C18H23N3O. The van der Waals surface area contributed by atoms with Crippen molar-refractivity contribution in [3.05, 3.63) is 65.7 Å². The molecule has 2 aromatic carbocycles. The van der Waals surface area contributed by atoms with Gasteiger partial charge in [0.2, 0.25) is 0 Å². The van der Waals surface area contributed by atoms with Crippen molar-refractivity contribution in [2.24, 2.45) is 0 Å². The number of hydrogen-bond acceptors (Lipinski definition) is 2. The Balaban J connectivity index is 1.94. The van der Waals surface area contributed by atoms with Crippen molar-refractivity contribution in [3.63, 3.8) is 0 Å². The zero-order chi connectivity index (χ0) is 15.9. The summed E-state index contributed by atoms with van der Waals surface area (Å²) in [6, 6.07) is 17.9. The second-order valence-corrected chi connectivity index (χ2v) is 5.59. The van der Waals surface area contributed by atoms with Crippen LogP contribution in [0.15, 0.2) is 54.6 Å². The number of amides is 2. The molecule has 0 aliphatic carbocycles. The van der Waals surface area contributed by atoms with Gasteiger partial charge in [-0.15, -0.1) is 0 Å². The minimum absolute atomic E-state index is 0.143. The number of anilines is 1. The molecular weight excluding hydrogens is 274 g/mol. The quantitative estimate of drug-likeness (QED) is 0.888. The minimum atomic E-state index is -0.187. The Bertz CT molecular complexity index is 611. The molecule has 2 N–H and O–H groups in total. The van der Waals surface area contributed by atoms with Crippen LogP contribution in [0.2, 0.25) is 0 Å². The second-order valence-electron chi connectivity index (χ2n) is 5.59. The summed E-state index contributed by atoms with van der Waals surface area (Å²) in [6.07, 6.45) is 0. The third-order valence-corrected chi connectivity index (χ3v) is 3.54. The number of nitrogens with zero attached hydrogens (tertiary/aromatic N) is 1. The fourth-order valence-corrected chi connectivity index (χ4v) is 2.36. The molecule has 0 aliphatic heterocycles. The molecule has 0 spiro atoms. The van der Waals surface area contributed by atoms with Crippen molar-refractivity contribution in [1.82, 2.24) is 10.2 Å². The van der Waals surface area contributed by atoms with E-state index in [-0.39, 0.29) is 12.1 Å². The second kappa shape index (κ2) is 7.61. The zero-order valence-electron chi connectivity index (χ0n) is 13.3. The summed E-state index contributed by atoms with van der Waals surface area (Å²) in [5, 5.41) is 5.80. The molecule has 1 atom stereocenters. The van der Waals surface area contributed by atoms with Crippen LogP contribution in [0.4, 0.5) is 10.5 Å². The van der Waals surface area contributed by atoms with Gasteiger partial charge in [-0.3, -0.25) is 0 Å². The summed E-state index contributed by atoms with van der Waals surface area (Å²) >= 11 is 0. The van der Waals surface area contributed by atoms with E-state index in [9.17, 15) is 4.79 Å². The third-order valence-electron chi connectivity index (χ3n) is 3.54. The van der Waals surface area contributed by atoms with Crippen molar-refractivity contribution in [1.29, 1.82) is 0 Å². The maximum atomic E-state index is 12.0.